The van der Waals surface area contributed by atoms with Crippen LogP contribution in [0.15, 0.2) is 23.6 Å². The van der Waals surface area contributed by atoms with E-state index in [9.17, 15) is 4.79 Å². The Bertz CT molecular complexity index is 428. The number of thiophene rings is 1. The number of aryl methyl sites for hydroxylation is 1. The summed E-state index contributed by atoms with van der Waals surface area (Å²) >= 11 is 1.70. The average molecular weight is 176 g/mol. The van der Waals surface area contributed by atoms with E-state index in [0.29, 0.717) is 0 Å². The zero-order valence-corrected chi connectivity index (χ0v) is 7.52. The molecule has 0 aliphatic rings. The number of carbonyl (C=O) groups is 1. The molecule has 12 heavy (non-hydrogen) atoms. The standard InChI is InChI=1S/C10H8OS/c1-7-8(6-11)2-3-10-9(7)4-5-12-10/h2-6H,1H3. The van der Waals surface area contributed by atoms with Gasteiger partial charge in [-0.3, -0.25) is 4.79 Å². The maximum atomic E-state index is 10.6. The summed E-state index contributed by atoms with van der Waals surface area (Å²) in [5.74, 6) is 0. The van der Waals surface area contributed by atoms with Crippen LogP contribution in [0.25, 0.3) is 10.1 Å². The van der Waals surface area contributed by atoms with E-state index >= 15 is 0 Å². The Morgan fingerprint density at radius 2 is 2.17 bits per heavy atom. The van der Waals surface area contributed by atoms with E-state index < -0.39 is 0 Å². The molecule has 1 nitrogen and oxygen atoms in total. The van der Waals surface area contributed by atoms with Gasteiger partial charge >= 0.3 is 0 Å². The van der Waals surface area contributed by atoms with Gasteiger partial charge in [0.05, 0.1) is 0 Å². The second kappa shape index (κ2) is 2.72. The minimum Gasteiger partial charge on any atom is -0.298 e. The van der Waals surface area contributed by atoms with E-state index in [1.54, 1.807) is 11.3 Å². The number of rotatable bonds is 1. The molecule has 0 spiro atoms. The summed E-state index contributed by atoms with van der Waals surface area (Å²) in [7, 11) is 0. The Morgan fingerprint density at radius 1 is 1.33 bits per heavy atom. The van der Waals surface area contributed by atoms with Gasteiger partial charge in [-0.05, 0) is 41.5 Å². The van der Waals surface area contributed by atoms with E-state index in [2.05, 4.69) is 6.07 Å². The molecule has 2 heteroatoms. The molecular weight excluding hydrogens is 168 g/mol. The Kier molecular flexibility index (Phi) is 1.70. The molecule has 2 aromatic rings. The molecule has 0 unspecified atom stereocenters. The summed E-state index contributed by atoms with van der Waals surface area (Å²) in [6, 6.07) is 5.93. The lowest BCUT2D eigenvalue weighted by Gasteiger charge is -1.98. The van der Waals surface area contributed by atoms with Crippen molar-refractivity contribution in [3.8, 4) is 0 Å². The molecule has 60 valence electrons. The highest BCUT2D eigenvalue weighted by molar-refractivity contribution is 7.17. The third-order valence-electron chi connectivity index (χ3n) is 2.07. The van der Waals surface area contributed by atoms with Gasteiger partial charge in [0.1, 0.15) is 6.29 Å². The van der Waals surface area contributed by atoms with Crippen molar-refractivity contribution in [2.75, 3.05) is 0 Å². The Labute approximate surface area is 74.6 Å². The van der Waals surface area contributed by atoms with Gasteiger partial charge in [-0.25, -0.2) is 0 Å². The lowest BCUT2D eigenvalue weighted by atomic mass is 10.1. The van der Waals surface area contributed by atoms with Gasteiger partial charge in [0.15, 0.2) is 0 Å². The highest BCUT2D eigenvalue weighted by atomic mass is 32.1. The van der Waals surface area contributed by atoms with Crippen molar-refractivity contribution in [3.05, 3.63) is 34.7 Å². The van der Waals surface area contributed by atoms with Crippen molar-refractivity contribution in [2.45, 2.75) is 6.92 Å². The number of hydrogen-bond acceptors (Lipinski definition) is 2. The Morgan fingerprint density at radius 3 is 2.92 bits per heavy atom. The van der Waals surface area contributed by atoms with Crippen LogP contribution in [0.3, 0.4) is 0 Å². The monoisotopic (exact) mass is 176 g/mol. The third-order valence-corrected chi connectivity index (χ3v) is 2.96. The van der Waals surface area contributed by atoms with Crippen molar-refractivity contribution < 1.29 is 4.79 Å². The van der Waals surface area contributed by atoms with E-state index in [-0.39, 0.29) is 0 Å². The molecule has 0 saturated carbocycles. The van der Waals surface area contributed by atoms with Crippen LogP contribution < -0.4 is 0 Å². The van der Waals surface area contributed by atoms with Gasteiger partial charge in [0, 0.05) is 10.3 Å². The van der Waals surface area contributed by atoms with Crippen LogP contribution in [-0.2, 0) is 0 Å². The topological polar surface area (TPSA) is 17.1 Å². The first-order valence-corrected chi connectivity index (χ1v) is 4.63. The summed E-state index contributed by atoms with van der Waals surface area (Å²) in [5, 5.41) is 3.25. The van der Waals surface area contributed by atoms with Crippen LogP contribution in [-0.4, -0.2) is 6.29 Å². The lowest BCUT2D eigenvalue weighted by Crippen LogP contribution is -1.84. The molecule has 2 rings (SSSR count). The number of benzene rings is 1. The molecule has 0 fully saturated rings. The zero-order chi connectivity index (χ0) is 8.55. The second-order valence-electron chi connectivity index (χ2n) is 2.73. The largest absolute Gasteiger partial charge is 0.298 e. The van der Waals surface area contributed by atoms with Crippen molar-refractivity contribution >= 4 is 27.7 Å². The van der Waals surface area contributed by atoms with E-state index in [1.807, 2.05) is 24.4 Å². The van der Waals surface area contributed by atoms with Gasteiger partial charge in [0.2, 0.25) is 0 Å². The Balaban J connectivity index is 2.86. The molecule has 0 saturated heterocycles. The van der Waals surface area contributed by atoms with Gasteiger partial charge in [-0.15, -0.1) is 11.3 Å². The number of carbonyl (C=O) groups excluding carboxylic acids is 1. The third kappa shape index (κ3) is 0.959. The molecule has 1 aromatic heterocycles. The predicted octanol–water partition coefficient (Wildman–Crippen LogP) is 3.02. The summed E-state index contributed by atoms with van der Waals surface area (Å²) in [4.78, 5) is 10.6. The van der Waals surface area contributed by atoms with Gasteiger partial charge in [-0.1, -0.05) is 0 Å². The molecule has 0 aliphatic carbocycles. The molecule has 0 radical (unpaired) electrons. The molecular formula is C10H8OS. The fourth-order valence-electron chi connectivity index (χ4n) is 1.33. The first-order valence-electron chi connectivity index (χ1n) is 3.75. The first-order chi connectivity index (χ1) is 5.83. The first kappa shape index (κ1) is 7.50. The summed E-state index contributed by atoms with van der Waals surface area (Å²) < 4.78 is 1.25. The normalized spacial score (nSPS) is 10.4. The van der Waals surface area contributed by atoms with E-state index in [4.69, 9.17) is 0 Å². The maximum Gasteiger partial charge on any atom is 0.150 e. The van der Waals surface area contributed by atoms with Crippen molar-refractivity contribution in [2.24, 2.45) is 0 Å². The van der Waals surface area contributed by atoms with E-state index in [1.165, 1.54) is 10.1 Å². The number of aldehydes is 1. The average Bonchev–Trinajstić information content (AvgIpc) is 2.53. The summed E-state index contributed by atoms with van der Waals surface area (Å²) in [6.07, 6.45) is 0.909. The van der Waals surface area contributed by atoms with Crippen molar-refractivity contribution in [3.63, 3.8) is 0 Å². The van der Waals surface area contributed by atoms with Crippen LogP contribution in [0.1, 0.15) is 15.9 Å². The minimum atomic E-state index is 0.793. The maximum absolute atomic E-state index is 10.6. The predicted molar refractivity (Wildman–Crippen MR) is 51.9 cm³/mol. The van der Waals surface area contributed by atoms with E-state index in [0.717, 1.165) is 17.4 Å². The number of fused-ring (bicyclic) bond motifs is 1. The SMILES string of the molecule is Cc1c(C=O)ccc2sccc12. The number of hydrogen-bond donors (Lipinski definition) is 0. The summed E-state index contributed by atoms with van der Waals surface area (Å²) in [6.45, 7) is 1.98. The molecule has 0 amide bonds. The highest BCUT2D eigenvalue weighted by Crippen LogP contribution is 2.25. The van der Waals surface area contributed by atoms with Crippen LogP contribution in [0, 0.1) is 6.92 Å². The molecule has 0 atom stereocenters. The molecule has 0 N–H and O–H groups in total. The van der Waals surface area contributed by atoms with Gasteiger partial charge in [-0.2, -0.15) is 0 Å². The van der Waals surface area contributed by atoms with Gasteiger partial charge < -0.3 is 0 Å². The van der Waals surface area contributed by atoms with Gasteiger partial charge in [0.25, 0.3) is 0 Å². The summed E-state index contributed by atoms with van der Waals surface area (Å²) in [5.41, 5.74) is 1.88. The molecule has 0 aliphatic heterocycles. The van der Waals surface area contributed by atoms with Crippen molar-refractivity contribution in [1.29, 1.82) is 0 Å². The van der Waals surface area contributed by atoms with Crippen LogP contribution in [0.5, 0.6) is 0 Å². The highest BCUT2D eigenvalue weighted by Gasteiger charge is 2.02. The van der Waals surface area contributed by atoms with Crippen LogP contribution in [0.2, 0.25) is 0 Å². The molecule has 1 aromatic carbocycles. The van der Waals surface area contributed by atoms with Crippen LogP contribution in [0.4, 0.5) is 0 Å². The smallest absolute Gasteiger partial charge is 0.150 e. The Hall–Kier alpha value is -1.15. The fourth-order valence-corrected chi connectivity index (χ4v) is 2.18. The second-order valence-corrected chi connectivity index (χ2v) is 3.68. The zero-order valence-electron chi connectivity index (χ0n) is 6.70. The molecule has 1 heterocycles. The minimum absolute atomic E-state index is 0.793. The lowest BCUT2D eigenvalue weighted by molar-refractivity contribution is 0.112. The molecule has 0 bridgehead atoms. The van der Waals surface area contributed by atoms with Crippen molar-refractivity contribution in [1.82, 2.24) is 0 Å². The fraction of sp³-hybridized carbons (Fsp3) is 0.100. The van der Waals surface area contributed by atoms with Crippen LogP contribution >= 0.6 is 11.3 Å². The quantitative estimate of drug-likeness (QED) is 0.610.